The smallest absolute Gasteiger partial charge is 0.168 e. The molecule has 0 N–H and O–H groups in total. The van der Waals surface area contributed by atoms with Gasteiger partial charge in [0.25, 0.3) is 0 Å². The van der Waals surface area contributed by atoms with Crippen molar-refractivity contribution >= 4 is 11.3 Å². The Morgan fingerprint density at radius 3 is 2.52 bits per heavy atom. The highest BCUT2D eigenvalue weighted by atomic mass is 32.1. The fourth-order valence-electron chi connectivity index (χ4n) is 3.79. The minimum atomic E-state index is 0.277. The van der Waals surface area contributed by atoms with Gasteiger partial charge in [-0.3, -0.25) is 9.80 Å². The minimum absolute atomic E-state index is 0.277. The second kappa shape index (κ2) is 8.73. The van der Waals surface area contributed by atoms with Crippen molar-refractivity contribution in [2.24, 2.45) is 0 Å². The molecule has 0 unspecified atom stereocenters. The van der Waals surface area contributed by atoms with E-state index < -0.39 is 0 Å². The lowest BCUT2D eigenvalue weighted by molar-refractivity contribution is 0.0844. The molecule has 1 atom stereocenters. The van der Waals surface area contributed by atoms with E-state index in [1.807, 2.05) is 4.68 Å². The van der Waals surface area contributed by atoms with Gasteiger partial charge in [-0.05, 0) is 33.9 Å². The molecule has 4 rings (SSSR count). The van der Waals surface area contributed by atoms with E-state index in [1.54, 1.807) is 11.3 Å². The standard InChI is InChI=1S/C20H26N6S/c1-2-19(20-21-22-23-26(20)16-18-9-6-14-27-18)25-12-10-24(11-13-25)15-17-7-4-3-5-8-17/h3-9,14,19H,2,10-13,15-16H2,1H3/t19-/m1/s1. The van der Waals surface area contributed by atoms with Crippen LogP contribution < -0.4 is 0 Å². The van der Waals surface area contributed by atoms with Crippen LogP contribution in [-0.4, -0.2) is 56.2 Å². The second-order valence-corrected chi connectivity index (χ2v) is 8.03. The van der Waals surface area contributed by atoms with Gasteiger partial charge in [0.15, 0.2) is 5.82 Å². The maximum Gasteiger partial charge on any atom is 0.168 e. The minimum Gasteiger partial charge on any atom is -0.297 e. The number of rotatable bonds is 7. The van der Waals surface area contributed by atoms with Gasteiger partial charge < -0.3 is 0 Å². The molecule has 0 radical (unpaired) electrons. The number of nitrogens with zero attached hydrogens (tertiary/aromatic N) is 6. The van der Waals surface area contributed by atoms with Crippen molar-refractivity contribution in [2.75, 3.05) is 26.2 Å². The van der Waals surface area contributed by atoms with Crippen LogP contribution in [0.3, 0.4) is 0 Å². The van der Waals surface area contributed by atoms with Gasteiger partial charge in [-0.25, -0.2) is 4.68 Å². The third-order valence-electron chi connectivity index (χ3n) is 5.23. The molecule has 1 aliphatic heterocycles. The van der Waals surface area contributed by atoms with Gasteiger partial charge in [0, 0.05) is 37.6 Å². The van der Waals surface area contributed by atoms with Gasteiger partial charge in [-0.1, -0.05) is 43.3 Å². The summed E-state index contributed by atoms with van der Waals surface area (Å²) in [5.74, 6) is 0.988. The lowest BCUT2D eigenvalue weighted by Gasteiger charge is -2.38. The molecule has 0 bridgehead atoms. The Morgan fingerprint density at radius 2 is 1.81 bits per heavy atom. The second-order valence-electron chi connectivity index (χ2n) is 7.00. The Balaban J connectivity index is 1.39. The number of aromatic nitrogens is 4. The van der Waals surface area contributed by atoms with E-state index in [-0.39, 0.29) is 6.04 Å². The van der Waals surface area contributed by atoms with Crippen molar-refractivity contribution in [3.63, 3.8) is 0 Å². The fourth-order valence-corrected chi connectivity index (χ4v) is 4.48. The summed E-state index contributed by atoms with van der Waals surface area (Å²) in [5.41, 5.74) is 1.39. The predicted molar refractivity (Wildman–Crippen MR) is 108 cm³/mol. The zero-order valence-corrected chi connectivity index (χ0v) is 16.6. The normalized spacial score (nSPS) is 17.2. The first kappa shape index (κ1) is 18.3. The summed E-state index contributed by atoms with van der Waals surface area (Å²) < 4.78 is 1.97. The molecule has 0 saturated carbocycles. The van der Waals surface area contributed by atoms with E-state index in [0.29, 0.717) is 0 Å². The molecule has 3 heterocycles. The fraction of sp³-hybridized carbons (Fsp3) is 0.450. The Morgan fingerprint density at radius 1 is 1.00 bits per heavy atom. The van der Waals surface area contributed by atoms with Gasteiger partial charge in [-0.2, -0.15) is 0 Å². The maximum absolute atomic E-state index is 4.38. The molecule has 1 aliphatic rings. The highest BCUT2D eigenvalue weighted by Crippen LogP contribution is 2.24. The SMILES string of the molecule is CC[C@H](c1nnnn1Cc1cccs1)N1CCN(Cc2ccccc2)CC1. The van der Waals surface area contributed by atoms with Crippen LogP contribution in [0.15, 0.2) is 47.8 Å². The molecule has 1 aromatic carbocycles. The summed E-state index contributed by atoms with van der Waals surface area (Å²) in [7, 11) is 0. The number of thiophene rings is 1. The zero-order chi connectivity index (χ0) is 18.5. The average molecular weight is 383 g/mol. The number of hydrogen-bond acceptors (Lipinski definition) is 6. The third-order valence-corrected chi connectivity index (χ3v) is 6.09. The topological polar surface area (TPSA) is 50.1 Å². The molecule has 142 valence electrons. The number of hydrogen-bond donors (Lipinski definition) is 0. The van der Waals surface area contributed by atoms with Crippen LogP contribution in [0, 0.1) is 0 Å². The van der Waals surface area contributed by atoms with Gasteiger partial charge in [0.2, 0.25) is 0 Å². The molecule has 0 amide bonds. The number of piperazine rings is 1. The summed E-state index contributed by atoms with van der Waals surface area (Å²) in [5, 5.41) is 14.7. The van der Waals surface area contributed by atoms with Gasteiger partial charge in [-0.15, -0.1) is 16.4 Å². The van der Waals surface area contributed by atoms with E-state index in [1.165, 1.54) is 10.4 Å². The molecule has 3 aromatic rings. The summed E-state index contributed by atoms with van der Waals surface area (Å²) in [6.07, 6.45) is 1.02. The van der Waals surface area contributed by atoms with Crippen molar-refractivity contribution in [3.05, 3.63) is 64.1 Å². The Hall–Kier alpha value is -2.09. The quantitative estimate of drug-likeness (QED) is 0.629. The van der Waals surface area contributed by atoms with Gasteiger partial charge >= 0.3 is 0 Å². The lowest BCUT2D eigenvalue weighted by atomic mass is 10.1. The highest BCUT2D eigenvalue weighted by Gasteiger charge is 2.28. The van der Waals surface area contributed by atoms with Crippen LogP contribution in [0.1, 0.15) is 35.7 Å². The average Bonchev–Trinajstić information content (AvgIpc) is 3.38. The van der Waals surface area contributed by atoms with Crippen molar-refractivity contribution in [1.29, 1.82) is 0 Å². The van der Waals surface area contributed by atoms with E-state index in [2.05, 4.69) is 80.1 Å². The van der Waals surface area contributed by atoms with Crippen LogP contribution in [-0.2, 0) is 13.1 Å². The molecule has 2 aromatic heterocycles. The highest BCUT2D eigenvalue weighted by molar-refractivity contribution is 7.09. The van der Waals surface area contributed by atoms with E-state index >= 15 is 0 Å². The predicted octanol–water partition coefficient (Wildman–Crippen LogP) is 3.05. The van der Waals surface area contributed by atoms with Crippen LogP contribution in [0.25, 0.3) is 0 Å². The number of tetrazole rings is 1. The molecule has 0 aliphatic carbocycles. The Kier molecular flexibility index (Phi) is 5.91. The molecule has 1 fully saturated rings. The molecule has 7 heteroatoms. The first-order valence-corrected chi connectivity index (χ1v) is 10.5. The Labute approximate surface area is 164 Å². The van der Waals surface area contributed by atoms with Crippen molar-refractivity contribution in [2.45, 2.75) is 32.5 Å². The van der Waals surface area contributed by atoms with Gasteiger partial charge in [0.1, 0.15) is 0 Å². The first-order chi connectivity index (χ1) is 13.3. The maximum atomic E-state index is 4.38. The van der Waals surface area contributed by atoms with E-state index in [4.69, 9.17) is 0 Å². The van der Waals surface area contributed by atoms with Crippen molar-refractivity contribution in [3.8, 4) is 0 Å². The summed E-state index contributed by atoms with van der Waals surface area (Å²) in [4.78, 5) is 6.36. The molecule has 1 saturated heterocycles. The Bertz CT molecular complexity index is 808. The molecule has 6 nitrogen and oxygen atoms in total. The molecular weight excluding hydrogens is 356 g/mol. The molecule has 27 heavy (non-hydrogen) atoms. The van der Waals surface area contributed by atoms with Gasteiger partial charge in [0.05, 0.1) is 12.6 Å². The zero-order valence-electron chi connectivity index (χ0n) is 15.7. The lowest BCUT2D eigenvalue weighted by Crippen LogP contribution is -2.47. The van der Waals surface area contributed by atoms with E-state index in [9.17, 15) is 0 Å². The first-order valence-electron chi connectivity index (χ1n) is 9.62. The van der Waals surface area contributed by atoms with Crippen LogP contribution in [0.5, 0.6) is 0 Å². The van der Waals surface area contributed by atoms with Crippen molar-refractivity contribution in [1.82, 2.24) is 30.0 Å². The summed E-state index contributed by atoms with van der Waals surface area (Å²) in [6, 6.07) is 15.2. The molecular formula is C20H26N6S. The van der Waals surface area contributed by atoms with E-state index in [0.717, 1.165) is 51.5 Å². The van der Waals surface area contributed by atoms with Crippen LogP contribution in [0.4, 0.5) is 0 Å². The third kappa shape index (κ3) is 4.43. The summed E-state index contributed by atoms with van der Waals surface area (Å²) in [6.45, 7) is 8.28. The monoisotopic (exact) mass is 382 g/mol. The van der Waals surface area contributed by atoms with Crippen LogP contribution in [0.2, 0.25) is 0 Å². The summed E-state index contributed by atoms with van der Waals surface area (Å²) >= 11 is 1.75. The largest absolute Gasteiger partial charge is 0.297 e. The molecule has 0 spiro atoms. The van der Waals surface area contributed by atoms with Crippen molar-refractivity contribution < 1.29 is 0 Å². The van der Waals surface area contributed by atoms with Crippen LogP contribution >= 0.6 is 11.3 Å². The number of benzene rings is 1.